The molecule has 2 atom stereocenters. The van der Waals surface area contributed by atoms with E-state index in [1.165, 1.54) is 5.75 Å². The van der Waals surface area contributed by atoms with Crippen LogP contribution < -0.4 is 5.32 Å². The van der Waals surface area contributed by atoms with Crippen molar-refractivity contribution < 1.29 is 5.11 Å². The quantitative estimate of drug-likeness (QED) is 0.634. The van der Waals surface area contributed by atoms with Crippen molar-refractivity contribution in [2.75, 3.05) is 25.1 Å². The second kappa shape index (κ2) is 6.95. The standard InChI is InChI=1S/C8H19NOS/c1-7(6-11-3)4-9-5-8(2)10/h7-10H,4-6H2,1-3H3/t7?,8-/m1/s1. The third-order valence-corrected chi connectivity index (χ3v) is 2.29. The molecular weight excluding hydrogens is 158 g/mol. The minimum Gasteiger partial charge on any atom is -0.392 e. The number of rotatable bonds is 6. The Morgan fingerprint density at radius 2 is 2.00 bits per heavy atom. The van der Waals surface area contributed by atoms with Crippen molar-refractivity contribution in [3.63, 3.8) is 0 Å². The summed E-state index contributed by atoms with van der Waals surface area (Å²) >= 11 is 1.87. The highest BCUT2D eigenvalue weighted by atomic mass is 32.2. The summed E-state index contributed by atoms with van der Waals surface area (Å²) in [6.07, 6.45) is 1.89. The van der Waals surface area contributed by atoms with Gasteiger partial charge >= 0.3 is 0 Å². The number of nitrogens with one attached hydrogen (secondary N) is 1. The number of hydrogen-bond donors (Lipinski definition) is 2. The topological polar surface area (TPSA) is 32.3 Å². The predicted octanol–water partition coefficient (Wildman–Crippen LogP) is 0.956. The summed E-state index contributed by atoms with van der Waals surface area (Å²) in [5.74, 6) is 1.89. The maximum absolute atomic E-state index is 8.93. The van der Waals surface area contributed by atoms with E-state index in [4.69, 9.17) is 5.11 Å². The molecule has 0 rings (SSSR count). The Morgan fingerprint density at radius 1 is 1.36 bits per heavy atom. The van der Waals surface area contributed by atoms with Gasteiger partial charge in [-0.15, -0.1) is 0 Å². The molecule has 0 heterocycles. The lowest BCUT2D eigenvalue weighted by molar-refractivity contribution is 0.190. The van der Waals surface area contributed by atoms with Gasteiger partial charge in [0, 0.05) is 6.54 Å². The van der Waals surface area contributed by atoms with Crippen molar-refractivity contribution in [3.05, 3.63) is 0 Å². The zero-order valence-corrected chi connectivity index (χ0v) is 8.45. The van der Waals surface area contributed by atoms with Crippen LogP contribution in [0.4, 0.5) is 0 Å². The molecule has 0 aliphatic rings. The molecule has 2 N–H and O–H groups in total. The lowest BCUT2D eigenvalue weighted by atomic mass is 10.2. The first kappa shape index (κ1) is 11.3. The van der Waals surface area contributed by atoms with Gasteiger partial charge in [-0.25, -0.2) is 0 Å². The molecule has 11 heavy (non-hydrogen) atoms. The van der Waals surface area contributed by atoms with Crippen molar-refractivity contribution in [3.8, 4) is 0 Å². The van der Waals surface area contributed by atoms with Crippen LogP contribution in [0.2, 0.25) is 0 Å². The Morgan fingerprint density at radius 3 is 2.45 bits per heavy atom. The molecule has 0 spiro atoms. The number of thioether (sulfide) groups is 1. The summed E-state index contributed by atoms with van der Waals surface area (Å²) in [7, 11) is 0. The van der Waals surface area contributed by atoms with E-state index in [1.807, 2.05) is 11.8 Å². The van der Waals surface area contributed by atoms with Crippen molar-refractivity contribution in [1.82, 2.24) is 5.32 Å². The lowest BCUT2D eigenvalue weighted by Crippen LogP contribution is -2.29. The molecule has 0 radical (unpaired) electrons. The average Bonchev–Trinajstić information content (AvgIpc) is 1.87. The molecule has 68 valence electrons. The van der Waals surface area contributed by atoms with Crippen molar-refractivity contribution in [2.45, 2.75) is 20.0 Å². The largest absolute Gasteiger partial charge is 0.392 e. The van der Waals surface area contributed by atoms with Crippen LogP contribution in [0.1, 0.15) is 13.8 Å². The molecule has 2 nitrogen and oxygen atoms in total. The summed E-state index contributed by atoms with van der Waals surface area (Å²) in [6, 6.07) is 0. The van der Waals surface area contributed by atoms with Gasteiger partial charge < -0.3 is 10.4 Å². The minimum atomic E-state index is -0.225. The lowest BCUT2D eigenvalue weighted by Gasteiger charge is -2.11. The highest BCUT2D eigenvalue weighted by Gasteiger charge is 2.00. The average molecular weight is 177 g/mol. The van der Waals surface area contributed by atoms with Gasteiger partial charge in [0.25, 0.3) is 0 Å². The van der Waals surface area contributed by atoms with Crippen LogP contribution in [0.3, 0.4) is 0 Å². The first-order valence-corrected chi connectivity index (χ1v) is 5.44. The van der Waals surface area contributed by atoms with E-state index >= 15 is 0 Å². The van der Waals surface area contributed by atoms with Gasteiger partial charge in [-0.2, -0.15) is 11.8 Å². The van der Waals surface area contributed by atoms with Crippen LogP contribution in [0.25, 0.3) is 0 Å². The van der Waals surface area contributed by atoms with Crippen molar-refractivity contribution >= 4 is 11.8 Å². The normalized spacial score (nSPS) is 16.4. The van der Waals surface area contributed by atoms with E-state index < -0.39 is 0 Å². The summed E-state index contributed by atoms with van der Waals surface area (Å²) in [5, 5.41) is 12.1. The SMILES string of the molecule is CSCC(C)CNC[C@@H](C)O. The van der Waals surface area contributed by atoms with Gasteiger partial charge in [-0.05, 0) is 31.4 Å². The van der Waals surface area contributed by atoms with Crippen molar-refractivity contribution in [2.24, 2.45) is 5.92 Å². The van der Waals surface area contributed by atoms with Crippen LogP contribution in [0.5, 0.6) is 0 Å². The molecule has 0 bridgehead atoms. The maximum atomic E-state index is 8.93. The molecule has 0 aromatic carbocycles. The Balaban J connectivity index is 3.10. The van der Waals surface area contributed by atoms with E-state index in [-0.39, 0.29) is 6.10 Å². The Hall–Kier alpha value is 0.270. The Kier molecular flexibility index (Phi) is 7.12. The molecule has 1 unspecified atom stereocenters. The van der Waals surface area contributed by atoms with Crippen LogP contribution in [0, 0.1) is 5.92 Å². The molecular formula is C8H19NOS. The van der Waals surface area contributed by atoms with Gasteiger partial charge in [-0.1, -0.05) is 6.92 Å². The van der Waals surface area contributed by atoms with E-state index in [2.05, 4.69) is 18.5 Å². The molecule has 0 aromatic rings. The molecule has 0 fully saturated rings. The van der Waals surface area contributed by atoms with Crippen LogP contribution in [-0.4, -0.2) is 36.3 Å². The summed E-state index contributed by atoms with van der Waals surface area (Å²) in [5.41, 5.74) is 0. The van der Waals surface area contributed by atoms with Gasteiger partial charge in [-0.3, -0.25) is 0 Å². The van der Waals surface area contributed by atoms with E-state index in [9.17, 15) is 0 Å². The highest BCUT2D eigenvalue weighted by molar-refractivity contribution is 7.98. The Bertz CT molecular complexity index is 88.2. The van der Waals surface area contributed by atoms with E-state index in [0.717, 1.165) is 6.54 Å². The fourth-order valence-electron chi connectivity index (χ4n) is 0.882. The molecule has 0 saturated heterocycles. The summed E-state index contributed by atoms with van der Waals surface area (Å²) < 4.78 is 0. The number of hydrogen-bond acceptors (Lipinski definition) is 3. The molecule has 0 aliphatic heterocycles. The molecule has 0 aliphatic carbocycles. The highest BCUT2D eigenvalue weighted by Crippen LogP contribution is 2.02. The zero-order chi connectivity index (χ0) is 8.69. The van der Waals surface area contributed by atoms with Crippen LogP contribution in [-0.2, 0) is 0 Å². The first-order valence-electron chi connectivity index (χ1n) is 4.04. The Labute approximate surface area is 73.8 Å². The van der Waals surface area contributed by atoms with Gasteiger partial charge in [0.2, 0.25) is 0 Å². The fraction of sp³-hybridized carbons (Fsp3) is 1.00. The van der Waals surface area contributed by atoms with Gasteiger partial charge in [0.15, 0.2) is 0 Å². The monoisotopic (exact) mass is 177 g/mol. The predicted molar refractivity (Wildman–Crippen MR) is 52.1 cm³/mol. The van der Waals surface area contributed by atoms with Crippen molar-refractivity contribution in [1.29, 1.82) is 0 Å². The van der Waals surface area contributed by atoms with E-state index in [1.54, 1.807) is 6.92 Å². The second-order valence-corrected chi connectivity index (χ2v) is 3.98. The fourth-order valence-corrected chi connectivity index (χ4v) is 1.57. The van der Waals surface area contributed by atoms with Gasteiger partial charge in [0.05, 0.1) is 6.10 Å². The molecule has 0 amide bonds. The third-order valence-electron chi connectivity index (χ3n) is 1.38. The van der Waals surface area contributed by atoms with Gasteiger partial charge in [0.1, 0.15) is 0 Å². The van der Waals surface area contributed by atoms with E-state index in [0.29, 0.717) is 12.5 Å². The first-order chi connectivity index (χ1) is 5.16. The maximum Gasteiger partial charge on any atom is 0.0636 e. The number of aliphatic hydroxyl groups is 1. The molecule has 0 aromatic heterocycles. The summed E-state index contributed by atoms with van der Waals surface area (Å²) in [6.45, 7) is 5.72. The molecule has 0 saturated carbocycles. The molecule has 3 heteroatoms. The second-order valence-electron chi connectivity index (χ2n) is 3.07. The summed E-state index contributed by atoms with van der Waals surface area (Å²) in [4.78, 5) is 0. The minimum absolute atomic E-state index is 0.225. The van der Waals surface area contributed by atoms with Crippen LogP contribution in [0.15, 0.2) is 0 Å². The number of aliphatic hydroxyl groups excluding tert-OH is 1. The smallest absolute Gasteiger partial charge is 0.0636 e. The zero-order valence-electron chi connectivity index (χ0n) is 7.63. The van der Waals surface area contributed by atoms with Crippen LogP contribution >= 0.6 is 11.8 Å². The third kappa shape index (κ3) is 8.17.